The normalized spacial score (nSPS) is 11.7. The molecule has 2 aromatic rings. The average molecular weight is 349 g/mol. The Morgan fingerprint density at radius 2 is 1.96 bits per heavy atom. The molecule has 2 rings (SSSR count). The van der Waals surface area contributed by atoms with Crippen LogP contribution in [0.25, 0.3) is 10.8 Å². The molecule has 0 aliphatic carbocycles. The highest BCUT2D eigenvalue weighted by Gasteiger charge is 2.26. The van der Waals surface area contributed by atoms with Crippen LogP contribution < -0.4 is 10.3 Å². The van der Waals surface area contributed by atoms with E-state index in [2.05, 4.69) is 0 Å². The van der Waals surface area contributed by atoms with Crippen molar-refractivity contribution in [2.24, 2.45) is 5.41 Å². The number of halogens is 1. The van der Waals surface area contributed by atoms with Crippen molar-refractivity contribution in [3.63, 3.8) is 0 Å². The van der Waals surface area contributed by atoms with E-state index in [4.69, 9.17) is 4.74 Å². The lowest BCUT2D eigenvalue weighted by molar-refractivity contribution is 0.0675. The molecule has 0 atom stereocenters. The zero-order chi connectivity index (χ0) is 18.8. The van der Waals surface area contributed by atoms with E-state index in [0.717, 1.165) is 18.9 Å². The smallest absolute Gasteiger partial charge is 0.356 e. The molecule has 0 spiro atoms. The summed E-state index contributed by atoms with van der Waals surface area (Å²) >= 11 is 0. The molecule has 0 saturated heterocycles. The van der Waals surface area contributed by atoms with Crippen LogP contribution in [0.5, 0.6) is 5.75 Å². The monoisotopic (exact) mass is 349 g/mol. The third-order valence-electron chi connectivity index (χ3n) is 3.77. The maximum atomic E-state index is 13.7. The summed E-state index contributed by atoms with van der Waals surface area (Å²) in [5, 5.41) is 10.2. The largest absolute Gasteiger partial charge is 0.490 e. The summed E-state index contributed by atoms with van der Waals surface area (Å²) in [6.45, 7) is 8.24. The van der Waals surface area contributed by atoms with Gasteiger partial charge in [0.1, 0.15) is 5.82 Å². The molecule has 25 heavy (non-hydrogen) atoms. The van der Waals surface area contributed by atoms with E-state index in [1.807, 2.05) is 27.7 Å². The summed E-state index contributed by atoms with van der Waals surface area (Å²) in [7, 11) is 0. The number of pyridine rings is 1. The van der Waals surface area contributed by atoms with E-state index in [1.54, 1.807) is 0 Å². The number of aromatic nitrogens is 1. The Bertz CT molecular complexity index is 849. The van der Waals surface area contributed by atoms with Crippen molar-refractivity contribution in [2.45, 2.75) is 47.1 Å². The number of carboxylic acids is 1. The van der Waals surface area contributed by atoms with Crippen LogP contribution in [0.2, 0.25) is 0 Å². The molecule has 1 heterocycles. The first-order valence-electron chi connectivity index (χ1n) is 8.38. The molecule has 0 fully saturated rings. The number of carbonyl (C=O) groups is 1. The third kappa shape index (κ3) is 4.18. The first-order chi connectivity index (χ1) is 11.7. The van der Waals surface area contributed by atoms with Crippen LogP contribution in [-0.2, 0) is 6.54 Å². The highest BCUT2D eigenvalue weighted by atomic mass is 19.1. The Labute approximate surface area is 146 Å². The molecule has 0 bridgehead atoms. The van der Waals surface area contributed by atoms with E-state index >= 15 is 0 Å². The first kappa shape index (κ1) is 19.0. The van der Waals surface area contributed by atoms with Crippen LogP contribution in [0.4, 0.5) is 4.39 Å². The van der Waals surface area contributed by atoms with E-state index in [1.165, 1.54) is 16.7 Å². The van der Waals surface area contributed by atoms with Crippen molar-refractivity contribution < 1.29 is 19.0 Å². The maximum Gasteiger partial charge on any atom is 0.356 e. The summed E-state index contributed by atoms with van der Waals surface area (Å²) in [5.74, 6) is -1.75. The summed E-state index contributed by atoms with van der Waals surface area (Å²) in [5.41, 5.74) is -0.998. The number of ether oxygens (including phenoxy) is 1. The minimum Gasteiger partial charge on any atom is -0.490 e. The number of unbranched alkanes of at least 4 members (excludes halogenated alkanes) is 1. The van der Waals surface area contributed by atoms with Gasteiger partial charge >= 0.3 is 5.97 Å². The fourth-order valence-corrected chi connectivity index (χ4v) is 2.69. The highest BCUT2D eigenvalue weighted by molar-refractivity contribution is 5.98. The summed E-state index contributed by atoms with van der Waals surface area (Å²) in [6.07, 6.45) is 1.60. The van der Waals surface area contributed by atoms with Gasteiger partial charge in [0.25, 0.3) is 5.56 Å². The molecule has 1 aromatic heterocycles. The second kappa shape index (κ2) is 7.25. The number of rotatable bonds is 6. The predicted octanol–water partition coefficient (Wildman–Crippen LogP) is 4.06. The van der Waals surface area contributed by atoms with Crippen molar-refractivity contribution in [2.75, 3.05) is 6.61 Å². The number of aromatic carboxylic acids is 1. The number of hydrogen-bond acceptors (Lipinski definition) is 3. The zero-order valence-corrected chi connectivity index (χ0v) is 15.1. The highest BCUT2D eigenvalue weighted by Crippen LogP contribution is 2.30. The maximum absolute atomic E-state index is 13.7. The lowest BCUT2D eigenvalue weighted by Gasteiger charge is -2.24. The molecule has 0 amide bonds. The van der Waals surface area contributed by atoms with E-state index in [-0.39, 0.29) is 34.2 Å². The zero-order valence-electron chi connectivity index (χ0n) is 15.1. The van der Waals surface area contributed by atoms with Gasteiger partial charge in [0.2, 0.25) is 0 Å². The molecular formula is C19H24FNO4. The summed E-state index contributed by atoms with van der Waals surface area (Å²) in [4.78, 5) is 24.8. The number of hydrogen-bond donors (Lipinski definition) is 1. The Morgan fingerprint density at radius 3 is 2.52 bits per heavy atom. The van der Waals surface area contributed by atoms with Gasteiger partial charge in [-0.15, -0.1) is 0 Å². The first-order valence-corrected chi connectivity index (χ1v) is 8.38. The minimum absolute atomic E-state index is 0.0549. The fraction of sp³-hybridized carbons (Fsp3) is 0.474. The Hall–Kier alpha value is -2.37. The second-order valence-corrected chi connectivity index (χ2v) is 7.33. The molecule has 0 aliphatic heterocycles. The molecule has 6 heteroatoms. The van der Waals surface area contributed by atoms with Gasteiger partial charge in [-0.3, -0.25) is 9.36 Å². The van der Waals surface area contributed by atoms with Gasteiger partial charge in [-0.25, -0.2) is 9.18 Å². The molecule has 0 radical (unpaired) electrons. The lowest BCUT2D eigenvalue weighted by atomic mass is 9.96. The second-order valence-electron chi connectivity index (χ2n) is 7.33. The van der Waals surface area contributed by atoms with Gasteiger partial charge < -0.3 is 9.84 Å². The number of nitrogens with zero attached hydrogens (tertiary/aromatic N) is 1. The molecular weight excluding hydrogens is 325 g/mol. The van der Waals surface area contributed by atoms with Crippen LogP contribution in [0.15, 0.2) is 23.0 Å². The lowest BCUT2D eigenvalue weighted by Crippen LogP contribution is -2.32. The van der Waals surface area contributed by atoms with E-state index in [9.17, 15) is 19.1 Å². The fourth-order valence-electron chi connectivity index (χ4n) is 2.69. The SMILES string of the molecule is CCCCOc1c(C(=O)O)n(CC(C)(C)C)c(=O)c2ccc(F)cc12. The van der Waals surface area contributed by atoms with Gasteiger partial charge in [-0.2, -0.15) is 0 Å². The van der Waals surface area contributed by atoms with Gasteiger partial charge in [0.05, 0.1) is 12.0 Å². The number of carboxylic acid groups (broad SMARTS) is 1. The van der Waals surface area contributed by atoms with Crippen molar-refractivity contribution in [3.8, 4) is 5.75 Å². The van der Waals surface area contributed by atoms with Gasteiger partial charge in [0.15, 0.2) is 11.4 Å². The van der Waals surface area contributed by atoms with Gasteiger partial charge in [-0.05, 0) is 30.0 Å². The average Bonchev–Trinajstić information content (AvgIpc) is 2.49. The van der Waals surface area contributed by atoms with Crippen molar-refractivity contribution in [3.05, 3.63) is 40.1 Å². The van der Waals surface area contributed by atoms with Gasteiger partial charge in [-0.1, -0.05) is 34.1 Å². The Morgan fingerprint density at radius 1 is 1.28 bits per heavy atom. The van der Waals surface area contributed by atoms with Crippen LogP contribution >= 0.6 is 0 Å². The molecule has 0 unspecified atom stereocenters. The standard InChI is InChI=1S/C19H24FNO4/c1-5-6-9-25-16-14-10-12(20)7-8-13(14)17(22)21(11-19(2,3)4)15(16)18(23)24/h7-8,10H,5-6,9,11H2,1-4H3,(H,23,24). The van der Waals surface area contributed by atoms with E-state index in [0.29, 0.717) is 6.61 Å². The summed E-state index contributed by atoms with van der Waals surface area (Å²) < 4.78 is 20.7. The van der Waals surface area contributed by atoms with Crippen molar-refractivity contribution >= 4 is 16.7 Å². The predicted molar refractivity (Wildman–Crippen MR) is 95.0 cm³/mol. The minimum atomic E-state index is -1.26. The van der Waals surface area contributed by atoms with Crippen LogP contribution in [-0.4, -0.2) is 22.2 Å². The molecule has 1 N–H and O–H groups in total. The van der Waals surface area contributed by atoms with Gasteiger partial charge in [0, 0.05) is 11.9 Å². The number of benzene rings is 1. The van der Waals surface area contributed by atoms with Crippen LogP contribution in [0.3, 0.4) is 0 Å². The van der Waals surface area contributed by atoms with E-state index < -0.39 is 17.3 Å². The molecule has 0 saturated carbocycles. The molecule has 0 aliphatic rings. The molecule has 136 valence electrons. The molecule has 1 aromatic carbocycles. The van der Waals surface area contributed by atoms with Crippen molar-refractivity contribution in [1.29, 1.82) is 0 Å². The summed E-state index contributed by atoms with van der Waals surface area (Å²) in [6, 6.07) is 3.73. The third-order valence-corrected chi connectivity index (χ3v) is 3.77. The topological polar surface area (TPSA) is 68.5 Å². The molecule has 5 nitrogen and oxygen atoms in total. The Kier molecular flexibility index (Phi) is 5.50. The van der Waals surface area contributed by atoms with Crippen LogP contribution in [0.1, 0.15) is 51.0 Å². The van der Waals surface area contributed by atoms with Crippen molar-refractivity contribution in [1.82, 2.24) is 4.57 Å². The number of fused-ring (bicyclic) bond motifs is 1. The Balaban J connectivity index is 2.84. The quantitative estimate of drug-likeness (QED) is 0.799. The van der Waals surface area contributed by atoms with Crippen LogP contribution in [0, 0.1) is 11.2 Å².